The molecule has 0 bridgehead atoms. The normalized spacial score (nSPS) is 10.5. The van der Waals surface area contributed by atoms with Gasteiger partial charge in [0.25, 0.3) is 0 Å². The number of aryl methyl sites for hydroxylation is 2. The van der Waals surface area contributed by atoms with Gasteiger partial charge in [0.05, 0.1) is 11.3 Å². The molecule has 0 saturated carbocycles. The van der Waals surface area contributed by atoms with E-state index in [0.29, 0.717) is 5.82 Å². The fraction of sp³-hybridized carbons (Fsp3) is 0.250. The number of hydrogen-bond donors (Lipinski definition) is 2. The third kappa shape index (κ3) is 1.71. The van der Waals surface area contributed by atoms with E-state index >= 15 is 0 Å². The molecule has 4 N–H and O–H groups in total. The van der Waals surface area contributed by atoms with Crippen molar-refractivity contribution in [1.29, 1.82) is 0 Å². The Hall–Kier alpha value is -2.18. The number of nitrogens with two attached hydrogens (primary N) is 2. The van der Waals surface area contributed by atoms with E-state index in [9.17, 15) is 0 Å². The molecule has 0 aromatic carbocycles. The van der Waals surface area contributed by atoms with Gasteiger partial charge in [-0.15, -0.1) is 0 Å². The lowest BCUT2D eigenvalue weighted by Gasteiger charge is -1.99. The Morgan fingerprint density at radius 2 is 1.73 bits per heavy atom. The molecule has 0 saturated heterocycles. The van der Waals surface area contributed by atoms with Gasteiger partial charge in [-0.3, -0.25) is 4.68 Å². The van der Waals surface area contributed by atoms with Crippen LogP contribution in [0.2, 0.25) is 0 Å². The highest BCUT2D eigenvalue weighted by Crippen LogP contribution is 2.18. The van der Waals surface area contributed by atoms with Crippen molar-refractivity contribution in [3.8, 4) is 11.4 Å². The van der Waals surface area contributed by atoms with Crippen LogP contribution in [0.4, 0.5) is 11.9 Å². The molecule has 2 rings (SSSR count). The third-order valence-corrected chi connectivity index (χ3v) is 1.92. The van der Waals surface area contributed by atoms with Gasteiger partial charge in [-0.05, 0) is 6.92 Å². The second-order valence-electron chi connectivity index (χ2n) is 3.18. The zero-order valence-electron chi connectivity index (χ0n) is 8.47. The summed E-state index contributed by atoms with van der Waals surface area (Å²) in [5, 5.41) is 4.18. The molecule has 78 valence electrons. The Morgan fingerprint density at radius 1 is 1.13 bits per heavy atom. The zero-order chi connectivity index (χ0) is 11.0. The molecule has 0 aliphatic heterocycles. The van der Waals surface area contributed by atoms with Gasteiger partial charge in [-0.2, -0.15) is 20.1 Å². The Labute approximate surface area is 86.2 Å². The van der Waals surface area contributed by atoms with Gasteiger partial charge >= 0.3 is 0 Å². The molecule has 0 aliphatic rings. The summed E-state index contributed by atoms with van der Waals surface area (Å²) in [6.07, 6.45) is 1.81. The molecular formula is C8H11N7. The summed E-state index contributed by atoms with van der Waals surface area (Å²) in [6, 6.07) is 0. The molecule has 0 radical (unpaired) electrons. The summed E-state index contributed by atoms with van der Waals surface area (Å²) in [6.45, 7) is 1.87. The van der Waals surface area contributed by atoms with E-state index in [2.05, 4.69) is 20.1 Å². The molecule has 0 aliphatic carbocycles. The van der Waals surface area contributed by atoms with Crippen molar-refractivity contribution in [1.82, 2.24) is 24.7 Å². The number of hydrogen-bond acceptors (Lipinski definition) is 6. The SMILES string of the molecule is Cc1nn(C)cc1-c1nc(N)nc(N)n1. The van der Waals surface area contributed by atoms with Crippen molar-refractivity contribution >= 4 is 11.9 Å². The fourth-order valence-electron chi connectivity index (χ4n) is 1.35. The predicted molar refractivity (Wildman–Crippen MR) is 55.6 cm³/mol. The van der Waals surface area contributed by atoms with Crippen LogP contribution in [-0.4, -0.2) is 24.7 Å². The highest BCUT2D eigenvalue weighted by Gasteiger charge is 2.10. The summed E-state index contributed by atoms with van der Waals surface area (Å²) in [5.74, 6) is 0.673. The maximum atomic E-state index is 5.48. The minimum absolute atomic E-state index is 0.112. The quantitative estimate of drug-likeness (QED) is 0.664. The summed E-state index contributed by atoms with van der Waals surface area (Å²) in [5.41, 5.74) is 12.6. The van der Waals surface area contributed by atoms with Gasteiger partial charge in [0.1, 0.15) is 0 Å². The Bertz CT molecular complexity index is 481. The number of nitrogen functional groups attached to an aromatic ring is 2. The number of nitrogens with zero attached hydrogens (tertiary/aromatic N) is 5. The van der Waals surface area contributed by atoms with Crippen molar-refractivity contribution < 1.29 is 0 Å². The van der Waals surface area contributed by atoms with Crippen molar-refractivity contribution in [2.24, 2.45) is 7.05 Å². The van der Waals surface area contributed by atoms with Crippen LogP contribution >= 0.6 is 0 Å². The molecule has 7 nitrogen and oxygen atoms in total. The third-order valence-electron chi connectivity index (χ3n) is 1.92. The highest BCUT2D eigenvalue weighted by atomic mass is 15.3. The molecule has 0 atom stereocenters. The van der Waals surface area contributed by atoms with E-state index in [0.717, 1.165) is 11.3 Å². The van der Waals surface area contributed by atoms with Crippen molar-refractivity contribution in [2.75, 3.05) is 11.5 Å². The first-order valence-corrected chi connectivity index (χ1v) is 4.34. The Balaban J connectivity index is 2.58. The predicted octanol–water partition coefficient (Wildman–Crippen LogP) is -0.255. The van der Waals surface area contributed by atoms with E-state index in [4.69, 9.17) is 11.5 Å². The van der Waals surface area contributed by atoms with E-state index < -0.39 is 0 Å². The maximum absolute atomic E-state index is 5.48. The average Bonchev–Trinajstić information content (AvgIpc) is 2.43. The molecule has 0 spiro atoms. The lowest BCUT2D eigenvalue weighted by atomic mass is 10.2. The minimum atomic E-state index is 0.112. The van der Waals surface area contributed by atoms with Crippen LogP contribution in [-0.2, 0) is 7.05 Å². The second-order valence-corrected chi connectivity index (χ2v) is 3.18. The number of anilines is 2. The van der Waals surface area contributed by atoms with Crippen molar-refractivity contribution in [3.63, 3.8) is 0 Å². The molecule has 2 aromatic rings. The molecule has 7 heteroatoms. The average molecular weight is 205 g/mol. The molecule has 0 unspecified atom stereocenters. The minimum Gasteiger partial charge on any atom is -0.368 e. The van der Waals surface area contributed by atoms with Crippen molar-refractivity contribution in [2.45, 2.75) is 6.92 Å². The smallest absolute Gasteiger partial charge is 0.225 e. The van der Waals surface area contributed by atoms with Crippen LogP contribution < -0.4 is 11.5 Å². The van der Waals surface area contributed by atoms with Gasteiger partial charge in [0, 0.05) is 13.2 Å². The Kier molecular flexibility index (Phi) is 2.00. The van der Waals surface area contributed by atoms with Crippen LogP contribution in [0.5, 0.6) is 0 Å². The van der Waals surface area contributed by atoms with Crippen LogP contribution in [0.15, 0.2) is 6.20 Å². The van der Waals surface area contributed by atoms with E-state index in [1.807, 2.05) is 20.2 Å². The fourth-order valence-corrected chi connectivity index (χ4v) is 1.35. The maximum Gasteiger partial charge on any atom is 0.225 e. The lowest BCUT2D eigenvalue weighted by Crippen LogP contribution is -2.04. The summed E-state index contributed by atoms with van der Waals surface area (Å²) in [7, 11) is 1.82. The summed E-state index contributed by atoms with van der Waals surface area (Å²) in [4.78, 5) is 11.7. The first-order chi connectivity index (χ1) is 7.06. The van der Waals surface area contributed by atoms with Gasteiger partial charge < -0.3 is 11.5 Å². The van der Waals surface area contributed by atoms with Crippen LogP contribution in [0.1, 0.15) is 5.69 Å². The monoisotopic (exact) mass is 205 g/mol. The van der Waals surface area contributed by atoms with E-state index in [-0.39, 0.29) is 11.9 Å². The largest absolute Gasteiger partial charge is 0.368 e. The van der Waals surface area contributed by atoms with E-state index in [1.54, 1.807) is 4.68 Å². The van der Waals surface area contributed by atoms with Crippen LogP contribution in [0, 0.1) is 6.92 Å². The number of aromatic nitrogens is 5. The summed E-state index contributed by atoms with van der Waals surface area (Å²) < 4.78 is 1.68. The van der Waals surface area contributed by atoms with Crippen LogP contribution in [0.3, 0.4) is 0 Å². The van der Waals surface area contributed by atoms with Gasteiger partial charge in [-0.1, -0.05) is 0 Å². The Morgan fingerprint density at radius 3 is 2.20 bits per heavy atom. The highest BCUT2D eigenvalue weighted by molar-refractivity contribution is 5.58. The molecule has 15 heavy (non-hydrogen) atoms. The number of rotatable bonds is 1. The van der Waals surface area contributed by atoms with Crippen molar-refractivity contribution in [3.05, 3.63) is 11.9 Å². The molecule has 0 amide bonds. The standard InChI is InChI=1S/C8H11N7/c1-4-5(3-15(2)14-4)6-11-7(9)13-8(10)12-6/h3H,1-2H3,(H4,9,10,11,12,13). The molecular weight excluding hydrogens is 194 g/mol. The molecule has 0 fully saturated rings. The van der Waals surface area contributed by atoms with Crippen LogP contribution in [0.25, 0.3) is 11.4 Å². The molecule has 2 heterocycles. The lowest BCUT2D eigenvalue weighted by molar-refractivity contribution is 0.756. The van der Waals surface area contributed by atoms with Gasteiger partial charge in [0.15, 0.2) is 5.82 Å². The second kappa shape index (κ2) is 3.19. The zero-order valence-corrected chi connectivity index (χ0v) is 8.47. The topological polar surface area (TPSA) is 109 Å². The van der Waals surface area contributed by atoms with E-state index in [1.165, 1.54) is 0 Å². The summed E-state index contributed by atoms with van der Waals surface area (Å²) >= 11 is 0. The first-order valence-electron chi connectivity index (χ1n) is 4.34. The van der Waals surface area contributed by atoms with Gasteiger partial charge in [-0.25, -0.2) is 0 Å². The first kappa shape index (κ1) is 9.38. The molecule has 2 aromatic heterocycles. The van der Waals surface area contributed by atoms with Gasteiger partial charge in [0.2, 0.25) is 11.9 Å².